The standard InChI is InChI=1S/C19H20N4O4/c1-20-18(24)16-13-15(23(26)27)7-8-17(16)21-9-11-22(12-10-21)19(25)14-5-3-2-4-6-14/h2-8,13H,9-12H2,1H3,(H,20,24). The van der Waals surface area contributed by atoms with Crippen LogP contribution in [-0.2, 0) is 0 Å². The van der Waals surface area contributed by atoms with E-state index in [0.717, 1.165) is 0 Å². The van der Waals surface area contributed by atoms with Gasteiger partial charge in [-0.2, -0.15) is 0 Å². The van der Waals surface area contributed by atoms with Gasteiger partial charge in [-0.15, -0.1) is 0 Å². The number of non-ortho nitro benzene ring substituents is 1. The zero-order chi connectivity index (χ0) is 19.4. The molecule has 0 radical (unpaired) electrons. The number of nitrogens with zero attached hydrogens (tertiary/aromatic N) is 3. The van der Waals surface area contributed by atoms with Gasteiger partial charge in [-0.3, -0.25) is 19.7 Å². The highest BCUT2D eigenvalue weighted by Gasteiger charge is 2.25. The monoisotopic (exact) mass is 368 g/mol. The fraction of sp³-hybridized carbons (Fsp3) is 0.263. The molecule has 1 aliphatic heterocycles. The molecule has 0 bridgehead atoms. The molecule has 0 atom stereocenters. The number of piperazine rings is 1. The number of rotatable bonds is 4. The summed E-state index contributed by atoms with van der Waals surface area (Å²) >= 11 is 0. The van der Waals surface area contributed by atoms with Gasteiger partial charge in [-0.05, 0) is 18.2 Å². The van der Waals surface area contributed by atoms with Crippen LogP contribution in [0.15, 0.2) is 48.5 Å². The van der Waals surface area contributed by atoms with Gasteiger partial charge in [0.2, 0.25) is 0 Å². The van der Waals surface area contributed by atoms with Crippen molar-refractivity contribution in [3.63, 3.8) is 0 Å². The van der Waals surface area contributed by atoms with Crippen LogP contribution in [-0.4, -0.2) is 54.9 Å². The molecule has 1 fully saturated rings. The van der Waals surface area contributed by atoms with Crippen molar-refractivity contribution in [3.8, 4) is 0 Å². The molecular weight excluding hydrogens is 348 g/mol. The summed E-state index contributed by atoms with van der Waals surface area (Å²) in [5.41, 5.74) is 1.41. The Morgan fingerprint density at radius 1 is 1.04 bits per heavy atom. The quantitative estimate of drug-likeness (QED) is 0.657. The normalized spacial score (nSPS) is 14.0. The molecule has 1 N–H and O–H groups in total. The van der Waals surface area contributed by atoms with E-state index in [1.165, 1.54) is 19.2 Å². The van der Waals surface area contributed by atoms with E-state index < -0.39 is 4.92 Å². The Morgan fingerprint density at radius 2 is 1.70 bits per heavy atom. The molecule has 0 saturated carbocycles. The molecule has 0 aromatic heterocycles. The van der Waals surface area contributed by atoms with Crippen LogP contribution in [0.1, 0.15) is 20.7 Å². The number of nitro benzene ring substituents is 1. The maximum atomic E-state index is 12.6. The van der Waals surface area contributed by atoms with Crippen LogP contribution in [0.3, 0.4) is 0 Å². The molecule has 0 spiro atoms. The average Bonchev–Trinajstić information content (AvgIpc) is 2.73. The Balaban J connectivity index is 1.77. The fourth-order valence-electron chi connectivity index (χ4n) is 3.14. The fourth-order valence-corrected chi connectivity index (χ4v) is 3.14. The summed E-state index contributed by atoms with van der Waals surface area (Å²) in [6.07, 6.45) is 0. The molecule has 1 aliphatic rings. The lowest BCUT2D eigenvalue weighted by Gasteiger charge is -2.36. The van der Waals surface area contributed by atoms with Gasteiger partial charge >= 0.3 is 0 Å². The Bertz CT molecular complexity index is 861. The number of hydrogen-bond donors (Lipinski definition) is 1. The van der Waals surface area contributed by atoms with Gasteiger partial charge in [-0.25, -0.2) is 0 Å². The Labute approximate surface area is 156 Å². The number of amides is 2. The maximum Gasteiger partial charge on any atom is 0.270 e. The summed E-state index contributed by atoms with van der Waals surface area (Å²) in [6.45, 7) is 2.11. The molecule has 1 heterocycles. The Morgan fingerprint density at radius 3 is 2.30 bits per heavy atom. The third-order valence-corrected chi connectivity index (χ3v) is 4.59. The summed E-state index contributed by atoms with van der Waals surface area (Å²) in [5, 5.41) is 13.5. The van der Waals surface area contributed by atoms with Crippen molar-refractivity contribution < 1.29 is 14.5 Å². The van der Waals surface area contributed by atoms with Gasteiger partial charge in [0.15, 0.2) is 0 Å². The van der Waals surface area contributed by atoms with E-state index in [-0.39, 0.29) is 23.1 Å². The highest BCUT2D eigenvalue weighted by Crippen LogP contribution is 2.27. The molecule has 27 heavy (non-hydrogen) atoms. The van der Waals surface area contributed by atoms with E-state index >= 15 is 0 Å². The van der Waals surface area contributed by atoms with Gasteiger partial charge in [0, 0.05) is 50.9 Å². The lowest BCUT2D eigenvalue weighted by molar-refractivity contribution is -0.384. The Kier molecular flexibility index (Phi) is 5.35. The smallest absolute Gasteiger partial charge is 0.270 e. The van der Waals surface area contributed by atoms with E-state index in [1.807, 2.05) is 23.1 Å². The molecule has 3 rings (SSSR count). The van der Waals surface area contributed by atoms with Crippen molar-refractivity contribution in [2.75, 3.05) is 38.1 Å². The molecule has 0 aliphatic carbocycles. The van der Waals surface area contributed by atoms with Crippen LogP contribution in [0.25, 0.3) is 0 Å². The van der Waals surface area contributed by atoms with Gasteiger partial charge < -0.3 is 15.1 Å². The largest absolute Gasteiger partial charge is 0.367 e. The summed E-state index contributed by atoms with van der Waals surface area (Å²) in [4.78, 5) is 39.0. The van der Waals surface area contributed by atoms with E-state index in [2.05, 4.69) is 5.32 Å². The van der Waals surface area contributed by atoms with Crippen LogP contribution in [0.2, 0.25) is 0 Å². The van der Waals surface area contributed by atoms with Gasteiger partial charge in [-0.1, -0.05) is 18.2 Å². The van der Waals surface area contributed by atoms with Crippen molar-refractivity contribution in [1.29, 1.82) is 0 Å². The third kappa shape index (κ3) is 3.89. The van der Waals surface area contributed by atoms with Crippen molar-refractivity contribution in [3.05, 3.63) is 69.8 Å². The van der Waals surface area contributed by atoms with Gasteiger partial charge in [0.1, 0.15) is 0 Å². The van der Waals surface area contributed by atoms with Crippen LogP contribution in [0, 0.1) is 10.1 Å². The minimum absolute atomic E-state index is 0.0227. The molecule has 2 aromatic carbocycles. The zero-order valence-electron chi connectivity index (χ0n) is 14.9. The number of benzene rings is 2. The number of nitrogens with one attached hydrogen (secondary N) is 1. The SMILES string of the molecule is CNC(=O)c1cc([N+](=O)[O-])ccc1N1CCN(C(=O)c2ccccc2)CC1. The van der Waals surface area contributed by atoms with Gasteiger partial charge in [0.05, 0.1) is 16.2 Å². The van der Waals surface area contributed by atoms with Crippen molar-refractivity contribution in [2.45, 2.75) is 0 Å². The van der Waals surface area contributed by atoms with Crippen LogP contribution < -0.4 is 10.2 Å². The van der Waals surface area contributed by atoms with Crippen LogP contribution in [0.4, 0.5) is 11.4 Å². The Hall–Kier alpha value is -3.42. The summed E-state index contributed by atoms with van der Waals surface area (Å²) in [7, 11) is 1.49. The molecule has 1 saturated heterocycles. The summed E-state index contributed by atoms with van der Waals surface area (Å²) < 4.78 is 0. The predicted octanol–water partition coefficient (Wildman–Crippen LogP) is 1.92. The van der Waals surface area contributed by atoms with Crippen molar-refractivity contribution in [2.24, 2.45) is 0 Å². The first kappa shape index (κ1) is 18.4. The number of anilines is 1. The summed E-state index contributed by atoms with van der Waals surface area (Å²) in [6, 6.07) is 13.4. The summed E-state index contributed by atoms with van der Waals surface area (Å²) in [5.74, 6) is -0.401. The molecule has 0 unspecified atom stereocenters. The van der Waals surface area contributed by atoms with Crippen molar-refractivity contribution >= 4 is 23.2 Å². The first-order chi connectivity index (χ1) is 13.0. The number of carbonyl (C=O) groups excluding carboxylic acids is 2. The topological polar surface area (TPSA) is 95.8 Å². The first-order valence-corrected chi connectivity index (χ1v) is 8.61. The lowest BCUT2D eigenvalue weighted by Crippen LogP contribution is -2.49. The van der Waals surface area contributed by atoms with Crippen LogP contribution >= 0.6 is 0 Å². The predicted molar refractivity (Wildman–Crippen MR) is 101 cm³/mol. The molecular formula is C19H20N4O4. The lowest BCUT2D eigenvalue weighted by atomic mass is 10.1. The minimum atomic E-state index is -0.521. The molecule has 2 amide bonds. The maximum absolute atomic E-state index is 12.6. The molecule has 8 heteroatoms. The second-order valence-electron chi connectivity index (χ2n) is 6.18. The average molecular weight is 368 g/mol. The molecule has 140 valence electrons. The zero-order valence-corrected chi connectivity index (χ0v) is 14.9. The number of carbonyl (C=O) groups is 2. The van der Waals surface area contributed by atoms with E-state index in [1.54, 1.807) is 23.1 Å². The number of hydrogen-bond acceptors (Lipinski definition) is 5. The molecule has 2 aromatic rings. The van der Waals surface area contributed by atoms with Crippen molar-refractivity contribution in [1.82, 2.24) is 10.2 Å². The van der Waals surface area contributed by atoms with E-state index in [4.69, 9.17) is 0 Å². The molecule has 8 nitrogen and oxygen atoms in total. The highest BCUT2D eigenvalue weighted by molar-refractivity contribution is 6.00. The highest BCUT2D eigenvalue weighted by atomic mass is 16.6. The van der Waals surface area contributed by atoms with Gasteiger partial charge in [0.25, 0.3) is 17.5 Å². The van der Waals surface area contributed by atoms with Crippen LogP contribution in [0.5, 0.6) is 0 Å². The first-order valence-electron chi connectivity index (χ1n) is 8.61. The minimum Gasteiger partial charge on any atom is -0.367 e. The van der Waals surface area contributed by atoms with E-state index in [0.29, 0.717) is 37.4 Å². The number of nitro groups is 1. The third-order valence-electron chi connectivity index (χ3n) is 4.59. The second kappa shape index (κ2) is 7.86. The van der Waals surface area contributed by atoms with E-state index in [9.17, 15) is 19.7 Å². The second-order valence-corrected chi connectivity index (χ2v) is 6.18.